The highest BCUT2D eigenvalue weighted by Gasteiger charge is 2.48. The summed E-state index contributed by atoms with van der Waals surface area (Å²) in [6.07, 6.45) is 5.52. The first-order valence-electron chi connectivity index (χ1n) is 9.92. The van der Waals surface area contributed by atoms with E-state index >= 15 is 0 Å². The molecule has 154 valence electrons. The molecular weight excluding hydrogens is 397 g/mol. The summed E-state index contributed by atoms with van der Waals surface area (Å²) in [4.78, 5) is 21.0. The molecule has 0 aliphatic heterocycles. The fourth-order valence-electron chi connectivity index (χ4n) is 4.78. The third-order valence-electron chi connectivity index (χ3n) is 6.09. The van der Waals surface area contributed by atoms with E-state index in [1.165, 1.54) is 24.4 Å². The first kappa shape index (κ1) is 19.9. The summed E-state index contributed by atoms with van der Waals surface area (Å²) in [5, 5.41) is 13.7. The van der Waals surface area contributed by atoms with Gasteiger partial charge in [0.2, 0.25) is 5.28 Å². The fourth-order valence-corrected chi connectivity index (χ4v) is 4.92. The van der Waals surface area contributed by atoms with Gasteiger partial charge >= 0.3 is 5.97 Å². The monoisotopic (exact) mass is 419 g/mol. The van der Waals surface area contributed by atoms with Gasteiger partial charge in [-0.3, -0.25) is 4.79 Å². The number of hydrogen-bond acceptors (Lipinski definition) is 6. The number of anilines is 1. The molecule has 6 nitrogen and oxygen atoms in total. The van der Waals surface area contributed by atoms with Crippen molar-refractivity contribution in [2.24, 2.45) is 17.8 Å². The van der Waals surface area contributed by atoms with Crippen LogP contribution in [0.3, 0.4) is 0 Å². The Morgan fingerprint density at radius 2 is 2.00 bits per heavy atom. The number of aromatic hydroxyl groups is 1. The topological polar surface area (TPSA) is 84.3 Å². The van der Waals surface area contributed by atoms with Gasteiger partial charge < -0.3 is 15.2 Å². The molecule has 0 saturated heterocycles. The molecule has 2 N–H and O–H groups in total. The van der Waals surface area contributed by atoms with Gasteiger partial charge in [0.1, 0.15) is 17.4 Å². The van der Waals surface area contributed by atoms with E-state index in [0.717, 1.165) is 25.7 Å². The van der Waals surface area contributed by atoms with Crippen LogP contribution >= 0.6 is 11.6 Å². The number of esters is 1. The number of aromatic nitrogens is 2. The van der Waals surface area contributed by atoms with Crippen molar-refractivity contribution < 1.29 is 19.0 Å². The molecule has 1 aromatic carbocycles. The van der Waals surface area contributed by atoms with E-state index in [4.69, 9.17) is 16.3 Å². The number of benzene rings is 1. The fraction of sp³-hybridized carbons (Fsp3) is 0.476. The van der Waals surface area contributed by atoms with E-state index in [1.807, 2.05) is 0 Å². The van der Waals surface area contributed by atoms with Gasteiger partial charge in [0, 0.05) is 23.4 Å². The van der Waals surface area contributed by atoms with Gasteiger partial charge in [0.25, 0.3) is 0 Å². The molecule has 1 aromatic heterocycles. The lowest BCUT2D eigenvalue weighted by molar-refractivity contribution is -0.154. The van der Waals surface area contributed by atoms with Gasteiger partial charge in [0.15, 0.2) is 0 Å². The molecular formula is C21H23ClFN3O3. The molecule has 3 aliphatic carbocycles. The van der Waals surface area contributed by atoms with Crippen molar-refractivity contribution in [1.82, 2.24) is 9.97 Å². The Kier molecular flexibility index (Phi) is 5.58. The molecule has 2 aromatic rings. The summed E-state index contributed by atoms with van der Waals surface area (Å²) in [6, 6.07) is 3.53. The normalized spacial score (nSPS) is 25.6. The number of rotatable bonds is 5. The van der Waals surface area contributed by atoms with Crippen LogP contribution < -0.4 is 5.32 Å². The van der Waals surface area contributed by atoms with E-state index < -0.39 is 5.82 Å². The van der Waals surface area contributed by atoms with E-state index in [9.17, 15) is 14.3 Å². The number of fused-ring (bicyclic) bond motifs is 3. The van der Waals surface area contributed by atoms with Crippen molar-refractivity contribution in [1.29, 1.82) is 0 Å². The maximum Gasteiger partial charge on any atom is 0.311 e. The SMILES string of the molecule is CCOC(=O)[C@H]1C2CCC(CC2)[C@@H]1Nc1nc(Cl)ncc1-c1cc(F)ccc1O. The zero-order valence-corrected chi connectivity index (χ0v) is 16.8. The van der Waals surface area contributed by atoms with E-state index in [0.29, 0.717) is 23.9 Å². The number of carbonyl (C=O) groups is 1. The molecule has 2 bridgehead atoms. The van der Waals surface area contributed by atoms with Crippen molar-refractivity contribution in [2.75, 3.05) is 11.9 Å². The number of carbonyl (C=O) groups excluding carboxylic acids is 1. The highest BCUT2D eigenvalue weighted by Crippen LogP contribution is 2.47. The highest BCUT2D eigenvalue weighted by atomic mass is 35.5. The average Bonchev–Trinajstić information content (AvgIpc) is 2.71. The third kappa shape index (κ3) is 3.88. The molecule has 3 fully saturated rings. The molecule has 8 heteroatoms. The van der Waals surface area contributed by atoms with Gasteiger partial charge in [-0.2, -0.15) is 0 Å². The molecule has 5 rings (SSSR count). The van der Waals surface area contributed by atoms with E-state index in [-0.39, 0.29) is 40.4 Å². The van der Waals surface area contributed by atoms with Crippen LogP contribution in [0.4, 0.5) is 10.2 Å². The quantitative estimate of drug-likeness (QED) is 0.551. The highest BCUT2D eigenvalue weighted by molar-refractivity contribution is 6.28. The second-order valence-electron chi connectivity index (χ2n) is 7.69. The Labute approximate surface area is 173 Å². The third-order valence-corrected chi connectivity index (χ3v) is 6.27. The van der Waals surface area contributed by atoms with Crippen molar-refractivity contribution in [3.63, 3.8) is 0 Å². The predicted octanol–water partition coefficient (Wildman–Crippen LogP) is 4.42. The summed E-state index contributed by atoms with van der Waals surface area (Å²) in [5.74, 6) is -0.109. The smallest absolute Gasteiger partial charge is 0.311 e. The number of phenolic OH excluding ortho intramolecular Hbond substituents is 1. The largest absolute Gasteiger partial charge is 0.507 e. The molecule has 0 amide bonds. The summed E-state index contributed by atoms with van der Waals surface area (Å²) in [7, 11) is 0. The first-order chi connectivity index (χ1) is 14.0. The van der Waals surface area contributed by atoms with Crippen LogP contribution in [-0.2, 0) is 9.53 Å². The van der Waals surface area contributed by atoms with Gasteiger partial charge in [0.05, 0.1) is 12.5 Å². The Balaban J connectivity index is 1.72. The molecule has 1 heterocycles. The zero-order chi connectivity index (χ0) is 20.5. The molecule has 3 aliphatic rings. The lowest BCUT2D eigenvalue weighted by Crippen LogP contribution is -2.52. The Bertz CT molecular complexity index is 918. The van der Waals surface area contributed by atoms with Crippen molar-refractivity contribution in [2.45, 2.75) is 38.6 Å². The minimum absolute atomic E-state index is 0.0285. The van der Waals surface area contributed by atoms with Crippen LogP contribution in [0.25, 0.3) is 11.1 Å². The van der Waals surface area contributed by atoms with Gasteiger partial charge in [-0.25, -0.2) is 14.4 Å². The zero-order valence-electron chi connectivity index (χ0n) is 16.1. The second-order valence-corrected chi connectivity index (χ2v) is 8.02. The summed E-state index contributed by atoms with van der Waals surface area (Å²) < 4.78 is 19.2. The van der Waals surface area contributed by atoms with Gasteiger partial charge in [-0.15, -0.1) is 0 Å². The van der Waals surface area contributed by atoms with Gasteiger partial charge in [-0.1, -0.05) is 0 Å². The van der Waals surface area contributed by atoms with Crippen molar-refractivity contribution >= 4 is 23.4 Å². The molecule has 0 radical (unpaired) electrons. The number of ether oxygens (including phenoxy) is 1. The number of phenols is 1. The standard InChI is InChI=1S/C21H23ClFN3O3/c1-2-29-20(28)17-11-3-5-12(6-4-11)18(17)25-19-15(10-24-21(22)26-19)14-9-13(23)7-8-16(14)27/h7-12,17-18,27H,2-6H2,1H3,(H,24,25,26)/t11?,12?,17-,18-/m0/s1. The Morgan fingerprint density at radius 3 is 2.72 bits per heavy atom. The number of halogens is 2. The maximum atomic E-state index is 13.8. The Hall–Kier alpha value is -2.41. The minimum atomic E-state index is -0.486. The molecule has 0 spiro atoms. The van der Waals surface area contributed by atoms with Crippen LogP contribution in [0.2, 0.25) is 5.28 Å². The van der Waals surface area contributed by atoms with Crippen LogP contribution in [0.15, 0.2) is 24.4 Å². The maximum absolute atomic E-state index is 13.8. The van der Waals surface area contributed by atoms with Gasteiger partial charge in [-0.05, 0) is 74.2 Å². The van der Waals surface area contributed by atoms with Crippen molar-refractivity contribution in [3.05, 3.63) is 35.5 Å². The summed E-state index contributed by atoms with van der Waals surface area (Å²) in [6.45, 7) is 2.14. The first-order valence-corrected chi connectivity index (χ1v) is 10.3. The van der Waals surface area contributed by atoms with Crippen LogP contribution in [0, 0.1) is 23.6 Å². The Morgan fingerprint density at radius 1 is 1.28 bits per heavy atom. The summed E-state index contributed by atoms with van der Waals surface area (Å²) >= 11 is 6.03. The second kappa shape index (κ2) is 8.14. The number of nitrogens with zero attached hydrogens (tertiary/aromatic N) is 2. The minimum Gasteiger partial charge on any atom is -0.507 e. The summed E-state index contributed by atoms with van der Waals surface area (Å²) in [5.41, 5.74) is 0.688. The number of nitrogens with one attached hydrogen (secondary N) is 1. The lowest BCUT2D eigenvalue weighted by atomic mass is 9.61. The molecule has 29 heavy (non-hydrogen) atoms. The van der Waals surface area contributed by atoms with Crippen molar-refractivity contribution in [3.8, 4) is 16.9 Å². The molecule has 2 atom stereocenters. The number of hydrogen-bond donors (Lipinski definition) is 2. The lowest BCUT2D eigenvalue weighted by Gasteiger charge is -2.47. The van der Waals surface area contributed by atoms with Crippen LogP contribution in [0.1, 0.15) is 32.6 Å². The van der Waals surface area contributed by atoms with Crippen LogP contribution in [0.5, 0.6) is 5.75 Å². The predicted molar refractivity (Wildman–Crippen MR) is 107 cm³/mol. The van der Waals surface area contributed by atoms with Crippen LogP contribution in [-0.4, -0.2) is 33.7 Å². The van der Waals surface area contributed by atoms with E-state index in [1.54, 1.807) is 6.92 Å². The molecule has 0 unspecified atom stereocenters. The van der Waals surface area contributed by atoms with E-state index in [2.05, 4.69) is 15.3 Å². The average molecular weight is 420 g/mol. The molecule has 3 saturated carbocycles.